The van der Waals surface area contributed by atoms with Crippen molar-refractivity contribution in [1.82, 2.24) is 5.32 Å². The Balaban J connectivity index is 2.56. The van der Waals surface area contributed by atoms with Crippen molar-refractivity contribution in [3.8, 4) is 0 Å². The van der Waals surface area contributed by atoms with Crippen LogP contribution in [0.3, 0.4) is 0 Å². The van der Waals surface area contributed by atoms with E-state index in [9.17, 15) is 13.2 Å². The molecule has 20 heavy (non-hydrogen) atoms. The van der Waals surface area contributed by atoms with E-state index in [1.54, 1.807) is 18.2 Å². The molecular weight excluding hydrogens is 263 g/mol. The lowest BCUT2D eigenvalue weighted by Gasteiger charge is -2.30. The number of piperidine rings is 1. The summed E-state index contributed by atoms with van der Waals surface area (Å²) in [5, 5.41) is 3.21. The van der Waals surface area contributed by atoms with Gasteiger partial charge in [0.25, 0.3) is 0 Å². The van der Waals surface area contributed by atoms with Crippen molar-refractivity contribution in [2.75, 3.05) is 13.1 Å². The molecule has 1 nitrogen and oxygen atoms in total. The highest BCUT2D eigenvalue weighted by molar-refractivity contribution is 5.43. The maximum atomic E-state index is 13.6. The summed E-state index contributed by atoms with van der Waals surface area (Å²) in [5.74, 6) is 0.00942. The van der Waals surface area contributed by atoms with E-state index in [0.29, 0.717) is 11.1 Å². The molecule has 1 fully saturated rings. The highest BCUT2D eigenvalue weighted by Gasteiger charge is 2.40. The molecule has 0 aromatic heterocycles. The predicted octanol–water partition coefficient (Wildman–Crippen LogP) is 4.47. The zero-order chi connectivity index (χ0) is 15.0. The van der Waals surface area contributed by atoms with Gasteiger partial charge in [-0.3, -0.25) is 0 Å². The van der Waals surface area contributed by atoms with Crippen molar-refractivity contribution < 1.29 is 13.2 Å². The van der Waals surface area contributed by atoms with E-state index in [0.717, 1.165) is 25.9 Å². The van der Waals surface area contributed by atoms with Gasteiger partial charge in [0.15, 0.2) is 0 Å². The Labute approximate surface area is 118 Å². The van der Waals surface area contributed by atoms with Gasteiger partial charge in [0.1, 0.15) is 0 Å². The van der Waals surface area contributed by atoms with Crippen LogP contribution in [0.1, 0.15) is 56.2 Å². The molecule has 1 aliphatic rings. The summed E-state index contributed by atoms with van der Waals surface area (Å²) >= 11 is 0. The molecule has 1 aliphatic heterocycles. The van der Waals surface area contributed by atoms with Crippen LogP contribution in [0.15, 0.2) is 18.2 Å². The molecule has 0 unspecified atom stereocenters. The fourth-order valence-corrected chi connectivity index (χ4v) is 2.98. The van der Waals surface area contributed by atoms with E-state index >= 15 is 0 Å². The minimum Gasteiger partial charge on any atom is -0.317 e. The van der Waals surface area contributed by atoms with Gasteiger partial charge in [0.05, 0.1) is 5.56 Å². The summed E-state index contributed by atoms with van der Waals surface area (Å²) in [4.78, 5) is 0. The van der Waals surface area contributed by atoms with Gasteiger partial charge in [-0.25, -0.2) is 0 Å². The second-order valence-electron chi connectivity index (χ2n) is 6.54. The monoisotopic (exact) mass is 285 g/mol. The van der Waals surface area contributed by atoms with Crippen LogP contribution in [0.5, 0.6) is 0 Å². The van der Waals surface area contributed by atoms with Crippen LogP contribution in [0.4, 0.5) is 13.2 Å². The Morgan fingerprint density at radius 2 is 1.65 bits per heavy atom. The van der Waals surface area contributed by atoms with Gasteiger partial charge in [-0.1, -0.05) is 39.0 Å². The molecule has 1 heterocycles. The largest absolute Gasteiger partial charge is 0.416 e. The number of alkyl halides is 3. The first-order valence-corrected chi connectivity index (χ1v) is 7.12. The standard InChI is InChI=1S/C16H22F3N/c1-15(2,3)13-6-4-5-12(14(13)16(17,18)19)11-7-9-20-10-8-11/h4-6,11,20H,7-10H2,1-3H3. The molecule has 0 saturated carbocycles. The van der Waals surface area contributed by atoms with Crippen LogP contribution in [0.2, 0.25) is 0 Å². The molecule has 2 rings (SSSR count). The second-order valence-corrected chi connectivity index (χ2v) is 6.54. The van der Waals surface area contributed by atoms with Gasteiger partial charge < -0.3 is 5.32 Å². The van der Waals surface area contributed by atoms with Crippen molar-refractivity contribution in [3.05, 3.63) is 34.9 Å². The average Bonchev–Trinajstić information content (AvgIpc) is 2.37. The van der Waals surface area contributed by atoms with Crippen molar-refractivity contribution in [2.24, 2.45) is 0 Å². The van der Waals surface area contributed by atoms with Gasteiger partial charge in [-0.15, -0.1) is 0 Å². The Hall–Kier alpha value is -1.03. The Bertz CT molecular complexity index is 466. The number of benzene rings is 1. The third-order valence-corrected chi connectivity index (χ3v) is 3.97. The second kappa shape index (κ2) is 5.40. The molecule has 0 aliphatic carbocycles. The summed E-state index contributed by atoms with van der Waals surface area (Å²) < 4.78 is 40.7. The highest BCUT2D eigenvalue weighted by atomic mass is 19.4. The SMILES string of the molecule is CC(C)(C)c1cccc(C2CCNCC2)c1C(F)(F)F. The summed E-state index contributed by atoms with van der Waals surface area (Å²) in [6.07, 6.45) is -2.74. The maximum Gasteiger partial charge on any atom is 0.416 e. The summed E-state index contributed by atoms with van der Waals surface area (Å²) in [6.45, 7) is 7.10. The fourth-order valence-electron chi connectivity index (χ4n) is 2.98. The van der Waals surface area contributed by atoms with Crippen molar-refractivity contribution in [2.45, 2.75) is 51.1 Å². The quantitative estimate of drug-likeness (QED) is 0.802. The van der Waals surface area contributed by atoms with Gasteiger partial charge in [-0.2, -0.15) is 13.2 Å². The molecule has 1 aromatic rings. The summed E-state index contributed by atoms with van der Waals surface area (Å²) in [6, 6.07) is 5.05. The molecule has 0 amide bonds. The van der Waals surface area contributed by atoms with Crippen molar-refractivity contribution >= 4 is 0 Å². The lowest BCUT2D eigenvalue weighted by atomic mass is 9.78. The Morgan fingerprint density at radius 1 is 1.05 bits per heavy atom. The number of rotatable bonds is 1. The van der Waals surface area contributed by atoms with Crippen molar-refractivity contribution in [3.63, 3.8) is 0 Å². The van der Waals surface area contributed by atoms with Gasteiger partial charge in [0, 0.05) is 0 Å². The van der Waals surface area contributed by atoms with E-state index in [2.05, 4.69) is 5.32 Å². The van der Waals surface area contributed by atoms with E-state index in [4.69, 9.17) is 0 Å². The average molecular weight is 285 g/mol. The van der Waals surface area contributed by atoms with Gasteiger partial charge >= 0.3 is 6.18 Å². The summed E-state index contributed by atoms with van der Waals surface area (Å²) in [7, 11) is 0. The number of nitrogens with one attached hydrogen (secondary N) is 1. The molecule has 1 aromatic carbocycles. The Kier molecular flexibility index (Phi) is 4.14. The highest BCUT2D eigenvalue weighted by Crippen LogP contribution is 2.43. The van der Waals surface area contributed by atoms with Crippen LogP contribution in [0, 0.1) is 0 Å². The predicted molar refractivity (Wildman–Crippen MR) is 75.0 cm³/mol. The third-order valence-electron chi connectivity index (χ3n) is 3.97. The molecule has 0 radical (unpaired) electrons. The van der Waals surface area contributed by atoms with E-state index < -0.39 is 17.2 Å². The van der Waals surface area contributed by atoms with Crippen LogP contribution in [-0.4, -0.2) is 13.1 Å². The van der Waals surface area contributed by atoms with Crippen molar-refractivity contribution in [1.29, 1.82) is 0 Å². The number of hydrogen-bond donors (Lipinski definition) is 1. The molecule has 0 atom stereocenters. The fraction of sp³-hybridized carbons (Fsp3) is 0.625. The van der Waals surface area contributed by atoms with Crippen LogP contribution < -0.4 is 5.32 Å². The van der Waals surface area contributed by atoms with E-state index in [-0.39, 0.29) is 5.92 Å². The normalized spacial score (nSPS) is 18.3. The first-order valence-electron chi connectivity index (χ1n) is 7.12. The number of halogens is 3. The molecule has 4 heteroatoms. The zero-order valence-electron chi connectivity index (χ0n) is 12.3. The molecule has 1 saturated heterocycles. The van der Waals surface area contributed by atoms with Crippen LogP contribution >= 0.6 is 0 Å². The first-order chi connectivity index (χ1) is 9.21. The van der Waals surface area contributed by atoms with Crippen LogP contribution in [0.25, 0.3) is 0 Å². The number of hydrogen-bond acceptors (Lipinski definition) is 1. The summed E-state index contributed by atoms with van der Waals surface area (Å²) in [5.41, 5.74) is -0.0276. The topological polar surface area (TPSA) is 12.0 Å². The van der Waals surface area contributed by atoms with E-state index in [1.807, 2.05) is 20.8 Å². The lowest BCUT2D eigenvalue weighted by Crippen LogP contribution is -2.29. The smallest absolute Gasteiger partial charge is 0.317 e. The minimum absolute atomic E-state index is 0.00942. The Morgan fingerprint density at radius 3 is 2.15 bits per heavy atom. The first kappa shape index (κ1) is 15.4. The minimum atomic E-state index is -4.29. The van der Waals surface area contributed by atoms with E-state index in [1.165, 1.54) is 0 Å². The molecule has 0 spiro atoms. The molecule has 0 bridgehead atoms. The van der Waals surface area contributed by atoms with Crippen LogP contribution in [-0.2, 0) is 11.6 Å². The lowest BCUT2D eigenvalue weighted by molar-refractivity contribution is -0.139. The van der Waals surface area contributed by atoms with Gasteiger partial charge in [-0.05, 0) is 48.4 Å². The third kappa shape index (κ3) is 3.17. The molecular formula is C16H22F3N. The van der Waals surface area contributed by atoms with Gasteiger partial charge in [0.2, 0.25) is 0 Å². The zero-order valence-corrected chi connectivity index (χ0v) is 12.3. The molecule has 112 valence electrons. The molecule has 1 N–H and O–H groups in total. The maximum absolute atomic E-state index is 13.6.